The maximum absolute atomic E-state index is 11.5. The van der Waals surface area contributed by atoms with Crippen LogP contribution in [0.5, 0.6) is 0 Å². The Bertz CT molecular complexity index is 879. The average molecular weight is 347 g/mol. The van der Waals surface area contributed by atoms with E-state index in [9.17, 15) is 15.2 Å². The molecule has 1 heterocycles. The first-order valence-corrected chi connectivity index (χ1v) is 9.02. The summed E-state index contributed by atoms with van der Waals surface area (Å²) >= 11 is 0. The lowest BCUT2D eigenvalue weighted by Gasteiger charge is -2.39. The standard InChI is InChI=1S/C21H21N3O2/c22-14-15-4-1-2-7-19(15)23-10-12-24(13-11-23)20-9-8-16-17(20)5-3-6-18(16)21(25)26/h1-7,20H,8-13H2,(H,25,26). The molecule has 2 aromatic rings. The smallest absolute Gasteiger partial charge is 0.335 e. The van der Waals surface area contributed by atoms with Crippen LogP contribution in [0, 0.1) is 11.3 Å². The number of hydrogen-bond donors (Lipinski definition) is 1. The average Bonchev–Trinajstić information content (AvgIpc) is 3.12. The van der Waals surface area contributed by atoms with Crippen LogP contribution < -0.4 is 4.90 Å². The third kappa shape index (κ3) is 2.83. The fraction of sp³-hybridized carbons (Fsp3) is 0.333. The van der Waals surface area contributed by atoms with Gasteiger partial charge in [-0.25, -0.2) is 4.79 Å². The van der Waals surface area contributed by atoms with Gasteiger partial charge in [0.2, 0.25) is 0 Å². The maximum atomic E-state index is 11.5. The molecule has 5 heteroatoms. The van der Waals surface area contributed by atoms with Crippen LogP contribution >= 0.6 is 0 Å². The summed E-state index contributed by atoms with van der Waals surface area (Å²) in [5.41, 5.74) is 4.36. The minimum absolute atomic E-state index is 0.303. The summed E-state index contributed by atoms with van der Waals surface area (Å²) < 4.78 is 0. The number of carboxylic acids is 1. The van der Waals surface area contributed by atoms with Crippen molar-refractivity contribution in [1.82, 2.24) is 4.90 Å². The molecule has 1 unspecified atom stereocenters. The minimum Gasteiger partial charge on any atom is -0.478 e. The number of nitrogens with zero attached hydrogens (tertiary/aromatic N) is 3. The van der Waals surface area contributed by atoms with Crippen LogP contribution in [0.25, 0.3) is 0 Å². The number of piperazine rings is 1. The fourth-order valence-electron chi connectivity index (χ4n) is 4.33. The van der Waals surface area contributed by atoms with Crippen molar-refractivity contribution in [2.75, 3.05) is 31.1 Å². The number of anilines is 1. The Morgan fingerprint density at radius 2 is 1.85 bits per heavy atom. The van der Waals surface area contributed by atoms with E-state index in [1.165, 1.54) is 5.56 Å². The zero-order valence-corrected chi connectivity index (χ0v) is 14.6. The molecular weight excluding hydrogens is 326 g/mol. The molecule has 0 bridgehead atoms. The van der Waals surface area contributed by atoms with Gasteiger partial charge in [0, 0.05) is 32.2 Å². The van der Waals surface area contributed by atoms with E-state index in [1.54, 1.807) is 6.07 Å². The highest BCUT2D eigenvalue weighted by molar-refractivity contribution is 5.90. The van der Waals surface area contributed by atoms with Crippen molar-refractivity contribution < 1.29 is 9.90 Å². The van der Waals surface area contributed by atoms with E-state index in [0.717, 1.165) is 55.8 Å². The fourth-order valence-corrected chi connectivity index (χ4v) is 4.33. The molecule has 26 heavy (non-hydrogen) atoms. The van der Waals surface area contributed by atoms with E-state index >= 15 is 0 Å². The first kappa shape index (κ1) is 16.6. The summed E-state index contributed by atoms with van der Waals surface area (Å²) in [6.07, 6.45) is 1.81. The van der Waals surface area contributed by atoms with Crippen molar-refractivity contribution in [1.29, 1.82) is 5.26 Å². The largest absolute Gasteiger partial charge is 0.478 e. The van der Waals surface area contributed by atoms with Gasteiger partial charge in [-0.1, -0.05) is 24.3 Å². The molecule has 4 rings (SSSR count). The van der Waals surface area contributed by atoms with E-state index in [4.69, 9.17) is 0 Å². The molecule has 1 saturated heterocycles. The Labute approximate surface area is 153 Å². The van der Waals surface area contributed by atoms with Crippen molar-refractivity contribution >= 4 is 11.7 Å². The summed E-state index contributed by atoms with van der Waals surface area (Å²) in [5, 5.41) is 18.7. The molecule has 0 aromatic heterocycles. The Hall–Kier alpha value is -2.84. The number of carboxylic acid groups (broad SMARTS) is 1. The van der Waals surface area contributed by atoms with Gasteiger partial charge in [0.05, 0.1) is 16.8 Å². The summed E-state index contributed by atoms with van der Waals surface area (Å²) in [5.74, 6) is -0.833. The first-order chi connectivity index (χ1) is 12.7. The Morgan fingerprint density at radius 1 is 1.08 bits per heavy atom. The molecular formula is C21H21N3O2. The van der Waals surface area contributed by atoms with Crippen LogP contribution in [0.4, 0.5) is 5.69 Å². The molecule has 1 aliphatic carbocycles. The second-order valence-corrected chi connectivity index (χ2v) is 6.88. The number of nitriles is 1. The predicted octanol–water partition coefficient (Wildman–Crippen LogP) is 3.07. The first-order valence-electron chi connectivity index (χ1n) is 9.02. The second-order valence-electron chi connectivity index (χ2n) is 6.88. The lowest BCUT2D eigenvalue weighted by Crippen LogP contribution is -2.47. The highest BCUT2D eigenvalue weighted by atomic mass is 16.4. The summed E-state index contributed by atoms with van der Waals surface area (Å²) in [7, 11) is 0. The van der Waals surface area contributed by atoms with E-state index in [2.05, 4.69) is 21.9 Å². The van der Waals surface area contributed by atoms with Crippen molar-refractivity contribution in [2.24, 2.45) is 0 Å². The molecule has 0 amide bonds. The lowest BCUT2D eigenvalue weighted by atomic mass is 10.0. The zero-order chi connectivity index (χ0) is 18.1. The molecule has 2 aromatic carbocycles. The number of fused-ring (bicyclic) bond motifs is 1. The number of para-hydroxylation sites is 1. The normalized spacial score (nSPS) is 19.8. The highest BCUT2D eigenvalue weighted by Crippen LogP contribution is 2.38. The van der Waals surface area contributed by atoms with Gasteiger partial charge in [-0.05, 0) is 42.2 Å². The van der Waals surface area contributed by atoms with Gasteiger partial charge in [-0.15, -0.1) is 0 Å². The van der Waals surface area contributed by atoms with Gasteiger partial charge < -0.3 is 10.0 Å². The number of rotatable bonds is 3. The third-order valence-corrected chi connectivity index (χ3v) is 5.59. The number of benzene rings is 2. The van der Waals surface area contributed by atoms with E-state index in [-0.39, 0.29) is 0 Å². The van der Waals surface area contributed by atoms with Crippen LogP contribution in [0.2, 0.25) is 0 Å². The van der Waals surface area contributed by atoms with E-state index in [0.29, 0.717) is 11.6 Å². The molecule has 0 saturated carbocycles. The zero-order valence-electron chi connectivity index (χ0n) is 14.6. The van der Waals surface area contributed by atoms with E-state index in [1.807, 2.05) is 30.3 Å². The highest BCUT2D eigenvalue weighted by Gasteiger charge is 2.32. The molecule has 1 fully saturated rings. The van der Waals surface area contributed by atoms with Gasteiger partial charge in [-0.2, -0.15) is 5.26 Å². The van der Waals surface area contributed by atoms with Crippen LogP contribution in [-0.4, -0.2) is 42.2 Å². The van der Waals surface area contributed by atoms with Gasteiger partial charge in [0.25, 0.3) is 0 Å². The van der Waals surface area contributed by atoms with Crippen molar-refractivity contribution in [3.05, 3.63) is 64.7 Å². The van der Waals surface area contributed by atoms with Gasteiger partial charge >= 0.3 is 5.97 Å². The molecule has 0 spiro atoms. The van der Waals surface area contributed by atoms with Crippen LogP contribution in [0.15, 0.2) is 42.5 Å². The molecule has 2 aliphatic rings. The molecule has 132 valence electrons. The number of carbonyl (C=O) groups is 1. The van der Waals surface area contributed by atoms with Crippen LogP contribution in [0.3, 0.4) is 0 Å². The number of aromatic carboxylic acids is 1. The Kier molecular flexibility index (Phi) is 4.36. The Balaban J connectivity index is 1.50. The molecule has 1 atom stereocenters. The lowest BCUT2D eigenvalue weighted by molar-refractivity contribution is 0.0695. The van der Waals surface area contributed by atoms with Crippen molar-refractivity contribution in [3.8, 4) is 6.07 Å². The summed E-state index contributed by atoms with van der Waals surface area (Å²) in [6.45, 7) is 3.59. The molecule has 1 N–H and O–H groups in total. The van der Waals surface area contributed by atoms with Crippen LogP contribution in [-0.2, 0) is 6.42 Å². The topological polar surface area (TPSA) is 67.6 Å². The monoisotopic (exact) mass is 347 g/mol. The minimum atomic E-state index is -0.833. The second kappa shape index (κ2) is 6.81. The van der Waals surface area contributed by atoms with Gasteiger partial charge in [0.15, 0.2) is 0 Å². The molecule has 0 radical (unpaired) electrons. The van der Waals surface area contributed by atoms with Gasteiger partial charge in [0.1, 0.15) is 6.07 Å². The van der Waals surface area contributed by atoms with Gasteiger partial charge in [-0.3, -0.25) is 4.90 Å². The van der Waals surface area contributed by atoms with Crippen molar-refractivity contribution in [3.63, 3.8) is 0 Å². The summed E-state index contributed by atoms with van der Waals surface area (Å²) in [4.78, 5) is 16.2. The van der Waals surface area contributed by atoms with Crippen LogP contribution in [0.1, 0.15) is 39.5 Å². The summed E-state index contributed by atoms with van der Waals surface area (Å²) in [6, 6.07) is 16.0. The Morgan fingerprint density at radius 3 is 2.58 bits per heavy atom. The molecule has 5 nitrogen and oxygen atoms in total. The quantitative estimate of drug-likeness (QED) is 0.924. The van der Waals surface area contributed by atoms with E-state index < -0.39 is 5.97 Å². The maximum Gasteiger partial charge on any atom is 0.335 e. The molecule has 1 aliphatic heterocycles. The SMILES string of the molecule is N#Cc1ccccc1N1CCN(C2CCc3c(C(=O)O)cccc32)CC1. The third-order valence-electron chi connectivity index (χ3n) is 5.59. The number of hydrogen-bond acceptors (Lipinski definition) is 4. The van der Waals surface area contributed by atoms with Crippen molar-refractivity contribution in [2.45, 2.75) is 18.9 Å². The predicted molar refractivity (Wildman–Crippen MR) is 99.4 cm³/mol.